The van der Waals surface area contributed by atoms with Crippen molar-refractivity contribution < 1.29 is 9.59 Å². The maximum atomic E-state index is 12.2. The van der Waals surface area contributed by atoms with Crippen molar-refractivity contribution in [2.75, 3.05) is 5.32 Å². The molecule has 2 aromatic rings. The van der Waals surface area contributed by atoms with E-state index in [1.807, 2.05) is 31.2 Å². The number of halogens is 1. The zero-order valence-corrected chi connectivity index (χ0v) is 14.7. The van der Waals surface area contributed by atoms with Crippen LogP contribution >= 0.6 is 27.7 Å². The van der Waals surface area contributed by atoms with E-state index in [0.29, 0.717) is 11.3 Å². The van der Waals surface area contributed by atoms with Crippen molar-refractivity contribution in [3.63, 3.8) is 0 Å². The lowest BCUT2D eigenvalue weighted by Crippen LogP contribution is -2.22. The van der Waals surface area contributed by atoms with Gasteiger partial charge in [0, 0.05) is 20.6 Å². The number of anilines is 1. The van der Waals surface area contributed by atoms with E-state index in [1.165, 1.54) is 18.7 Å². The summed E-state index contributed by atoms with van der Waals surface area (Å²) in [5.74, 6) is -0.109. The smallest absolute Gasteiger partial charge is 0.237 e. The van der Waals surface area contributed by atoms with Crippen LogP contribution in [0.15, 0.2) is 57.9 Å². The van der Waals surface area contributed by atoms with Gasteiger partial charge in [-0.15, -0.1) is 11.8 Å². The van der Waals surface area contributed by atoms with Crippen LogP contribution in [0.2, 0.25) is 0 Å². The zero-order valence-electron chi connectivity index (χ0n) is 12.3. The first-order chi connectivity index (χ1) is 10.5. The molecule has 0 bridgehead atoms. The number of amides is 1. The fourth-order valence-electron chi connectivity index (χ4n) is 1.83. The van der Waals surface area contributed by atoms with Gasteiger partial charge in [-0.05, 0) is 50.2 Å². The monoisotopic (exact) mass is 377 g/mol. The SMILES string of the molecule is CC(=O)c1cccc(NC(=O)C(C)Sc2ccc(Br)cc2)c1. The first-order valence-electron chi connectivity index (χ1n) is 6.80. The third kappa shape index (κ3) is 4.71. The topological polar surface area (TPSA) is 46.2 Å². The molecule has 0 radical (unpaired) electrons. The number of Topliss-reactive ketones (excluding diaryl/α,β-unsaturated/α-hetero) is 1. The van der Waals surface area contributed by atoms with Crippen molar-refractivity contribution in [1.82, 2.24) is 0 Å². The fourth-order valence-corrected chi connectivity index (χ4v) is 2.96. The van der Waals surface area contributed by atoms with Crippen molar-refractivity contribution in [3.05, 3.63) is 58.6 Å². The average molecular weight is 378 g/mol. The predicted octanol–water partition coefficient (Wildman–Crippen LogP) is 4.77. The third-order valence-corrected chi connectivity index (χ3v) is 4.67. The van der Waals surface area contributed by atoms with Crippen LogP contribution in [0.1, 0.15) is 24.2 Å². The van der Waals surface area contributed by atoms with Crippen LogP contribution in [0.5, 0.6) is 0 Å². The molecule has 0 aliphatic carbocycles. The summed E-state index contributed by atoms with van der Waals surface area (Å²) >= 11 is 4.88. The van der Waals surface area contributed by atoms with E-state index in [9.17, 15) is 9.59 Å². The molecule has 1 amide bonds. The van der Waals surface area contributed by atoms with Gasteiger partial charge in [0.1, 0.15) is 0 Å². The molecule has 2 rings (SSSR count). The Balaban J connectivity index is 2.00. The highest BCUT2D eigenvalue weighted by atomic mass is 79.9. The van der Waals surface area contributed by atoms with Crippen LogP contribution in [-0.2, 0) is 4.79 Å². The highest BCUT2D eigenvalue weighted by Crippen LogP contribution is 2.25. The molecule has 114 valence electrons. The maximum Gasteiger partial charge on any atom is 0.237 e. The summed E-state index contributed by atoms with van der Waals surface area (Å²) in [6.07, 6.45) is 0. The van der Waals surface area contributed by atoms with Crippen molar-refractivity contribution in [2.45, 2.75) is 24.0 Å². The number of nitrogens with one attached hydrogen (secondary N) is 1. The number of ketones is 1. The highest BCUT2D eigenvalue weighted by Gasteiger charge is 2.15. The first-order valence-corrected chi connectivity index (χ1v) is 8.47. The van der Waals surface area contributed by atoms with E-state index in [0.717, 1.165) is 9.37 Å². The molecule has 0 aliphatic rings. The lowest BCUT2D eigenvalue weighted by Gasteiger charge is -2.12. The Morgan fingerprint density at radius 1 is 1.14 bits per heavy atom. The van der Waals surface area contributed by atoms with E-state index < -0.39 is 0 Å². The van der Waals surface area contributed by atoms with Crippen LogP contribution in [0.4, 0.5) is 5.69 Å². The lowest BCUT2D eigenvalue weighted by atomic mass is 10.1. The van der Waals surface area contributed by atoms with Crippen LogP contribution in [-0.4, -0.2) is 16.9 Å². The summed E-state index contributed by atoms with van der Waals surface area (Å²) in [4.78, 5) is 24.6. The predicted molar refractivity (Wildman–Crippen MR) is 94.5 cm³/mol. The molecule has 1 atom stereocenters. The normalized spacial score (nSPS) is 11.8. The Morgan fingerprint density at radius 3 is 2.45 bits per heavy atom. The minimum atomic E-state index is -0.234. The van der Waals surface area contributed by atoms with Gasteiger partial charge < -0.3 is 5.32 Å². The molecule has 1 unspecified atom stereocenters. The summed E-state index contributed by atoms with van der Waals surface area (Å²) in [6, 6.07) is 14.8. The maximum absolute atomic E-state index is 12.2. The van der Waals surface area contributed by atoms with E-state index in [-0.39, 0.29) is 16.9 Å². The van der Waals surface area contributed by atoms with Gasteiger partial charge in [0.05, 0.1) is 5.25 Å². The minimum Gasteiger partial charge on any atom is -0.325 e. The molecule has 0 aromatic heterocycles. The molecule has 0 aliphatic heterocycles. The number of thioether (sulfide) groups is 1. The second kappa shape index (κ2) is 7.61. The van der Waals surface area contributed by atoms with Crippen molar-refractivity contribution in [3.8, 4) is 0 Å². The summed E-state index contributed by atoms with van der Waals surface area (Å²) < 4.78 is 1.01. The molecule has 0 saturated heterocycles. The van der Waals surface area contributed by atoms with E-state index in [4.69, 9.17) is 0 Å². The molecule has 0 fully saturated rings. The molecule has 3 nitrogen and oxygen atoms in total. The van der Waals surface area contributed by atoms with Crippen LogP contribution in [0.25, 0.3) is 0 Å². The van der Waals surface area contributed by atoms with E-state index >= 15 is 0 Å². The van der Waals surface area contributed by atoms with E-state index in [1.54, 1.807) is 24.3 Å². The molecule has 0 spiro atoms. The molecule has 0 heterocycles. The highest BCUT2D eigenvalue weighted by molar-refractivity contribution is 9.10. The number of benzene rings is 2. The second-order valence-electron chi connectivity index (χ2n) is 4.84. The van der Waals surface area contributed by atoms with Crippen molar-refractivity contribution in [2.24, 2.45) is 0 Å². The number of hydrogen-bond acceptors (Lipinski definition) is 3. The summed E-state index contributed by atoms with van der Waals surface area (Å²) in [6.45, 7) is 3.36. The van der Waals surface area contributed by atoms with Crippen molar-refractivity contribution >= 4 is 45.1 Å². The number of hydrogen-bond donors (Lipinski definition) is 1. The molecule has 1 N–H and O–H groups in total. The van der Waals surface area contributed by atoms with E-state index in [2.05, 4.69) is 21.2 Å². The Kier molecular flexibility index (Phi) is 5.80. The van der Waals surface area contributed by atoms with Gasteiger partial charge in [-0.3, -0.25) is 9.59 Å². The van der Waals surface area contributed by atoms with Gasteiger partial charge in [-0.25, -0.2) is 0 Å². The quantitative estimate of drug-likeness (QED) is 0.602. The minimum absolute atomic E-state index is 0.0200. The largest absolute Gasteiger partial charge is 0.325 e. The van der Waals surface area contributed by atoms with Gasteiger partial charge in [0.2, 0.25) is 5.91 Å². The zero-order chi connectivity index (χ0) is 16.1. The van der Waals surface area contributed by atoms with Gasteiger partial charge in [-0.1, -0.05) is 28.1 Å². The number of rotatable bonds is 5. The third-order valence-electron chi connectivity index (χ3n) is 3.03. The summed E-state index contributed by atoms with van der Waals surface area (Å²) in [7, 11) is 0. The Bertz CT molecular complexity index is 685. The number of carbonyl (C=O) groups is 2. The Morgan fingerprint density at radius 2 is 1.82 bits per heavy atom. The summed E-state index contributed by atoms with van der Waals surface area (Å²) in [5.41, 5.74) is 1.23. The van der Waals surface area contributed by atoms with Crippen LogP contribution in [0.3, 0.4) is 0 Å². The lowest BCUT2D eigenvalue weighted by molar-refractivity contribution is -0.115. The molecule has 2 aromatic carbocycles. The van der Waals surface area contributed by atoms with Gasteiger partial charge in [0.15, 0.2) is 5.78 Å². The molecule has 5 heteroatoms. The van der Waals surface area contributed by atoms with Gasteiger partial charge in [0.25, 0.3) is 0 Å². The molecular weight excluding hydrogens is 362 g/mol. The van der Waals surface area contributed by atoms with Crippen LogP contribution in [0, 0.1) is 0 Å². The average Bonchev–Trinajstić information content (AvgIpc) is 2.49. The molecule has 22 heavy (non-hydrogen) atoms. The summed E-state index contributed by atoms with van der Waals surface area (Å²) in [5, 5.41) is 2.61. The van der Waals surface area contributed by atoms with Crippen molar-refractivity contribution in [1.29, 1.82) is 0 Å². The Hall–Kier alpha value is -1.59. The molecule has 0 saturated carbocycles. The number of carbonyl (C=O) groups excluding carboxylic acids is 2. The van der Waals surface area contributed by atoms with Crippen LogP contribution < -0.4 is 5.32 Å². The van der Waals surface area contributed by atoms with Gasteiger partial charge >= 0.3 is 0 Å². The standard InChI is InChI=1S/C17H16BrNO2S/c1-11(20)13-4-3-5-15(10-13)19-17(21)12(2)22-16-8-6-14(18)7-9-16/h3-10,12H,1-2H3,(H,19,21). The second-order valence-corrected chi connectivity index (χ2v) is 7.17. The Labute approximate surface area is 142 Å². The van der Waals surface area contributed by atoms with Gasteiger partial charge in [-0.2, -0.15) is 0 Å². The molecular formula is C17H16BrNO2S. The fraction of sp³-hybridized carbons (Fsp3) is 0.176. The first kappa shape index (κ1) is 16.8.